The second-order valence-electron chi connectivity index (χ2n) is 6.07. The Balaban J connectivity index is 2.32. The van der Waals surface area contributed by atoms with Crippen molar-refractivity contribution < 1.29 is 13.7 Å². The molecule has 2 rings (SSSR count). The largest absolute Gasteiger partial charge is 0.525 e. The van der Waals surface area contributed by atoms with E-state index < -0.39 is 18.3 Å². The molecule has 1 aliphatic rings. The first-order chi connectivity index (χ1) is 9.14. The van der Waals surface area contributed by atoms with Gasteiger partial charge in [0, 0.05) is 4.47 Å². The van der Waals surface area contributed by atoms with Crippen molar-refractivity contribution in [2.24, 2.45) is 0 Å². The predicted octanol–water partition coefficient (Wildman–Crippen LogP) is 4.78. The molecule has 5 heteroatoms. The van der Waals surface area contributed by atoms with Gasteiger partial charge in [-0.25, -0.2) is 4.39 Å². The van der Waals surface area contributed by atoms with Gasteiger partial charge in [0.05, 0.1) is 11.2 Å². The normalized spacial score (nSPS) is 21.9. The molecule has 0 N–H and O–H groups in total. The molecule has 108 valence electrons. The summed E-state index contributed by atoms with van der Waals surface area (Å²) in [5.41, 5.74) is -0.0998. The molecule has 1 aliphatic heterocycles. The van der Waals surface area contributed by atoms with Crippen LogP contribution in [0.2, 0.25) is 0 Å². The lowest BCUT2D eigenvalue weighted by atomic mass is 9.83. The molecule has 1 saturated heterocycles. The predicted molar refractivity (Wildman–Crippen MR) is 83.9 cm³/mol. The third-order valence-corrected chi connectivity index (χ3v) is 4.57. The van der Waals surface area contributed by atoms with Crippen LogP contribution in [0, 0.1) is 0 Å². The average molecular weight is 341 g/mol. The van der Waals surface area contributed by atoms with E-state index in [0.29, 0.717) is 5.57 Å². The van der Waals surface area contributed by atoms with E-state index in [1.54, 1.807) is 6.92 Å². The van der Waals surface area contributed by atoms with Crippen LogP contribution >= 0.6 is 15.9 Å². The SMILES string of the molecule is CC(=C(F)B1OC(C)(C)C(C)(C)O1)c1cccc(Br)c1. The first-order valence-electron chi connectivity index (χ1n) is 6.62. The van der Waals surface area contributed by atoms with E-state index in [4.69, 9.17) is 9.31 Å². The maximum atomic E-state index is 14.6. The second-order valence-corrected chi connectivity index (χ2v) is 6.99. The Hall–Kier alpha value is -0.645. The Labute approximate surface area is 128 Å². The summed E-state index contributed by atoms with van der Waals surface area (Å²) < 4.78 is 27.0. The van der Waals surface area contributed by atoms with Crippen LogP contribution in [-0.4, -0.2) is 18.3 Å². The highest BCUT2D eigenvalue weighted by atomic mass is 79.9. The molecule has 0 atom stereocenters. The molecule has 1 aromatic rings. The Morgan fingerprint density at radius 1 is 1.15 bits per heavy atom. The molecule has 1 heterocycles. The van der Waals surface area contributed by atoms with Crippen molar-refractivity contribution in [2.45, 2.75) is 45.8 Å². The topological polar surface area (TPSA) is 18.5 Å². The standard InChI is InChI=1S/C15H19BBrFO2/c1-10(11-7-6-8-12(17)9-11)13(18)16-19-14(2,3)15(4,5)20-16/h6-9H,1-5H3. The van der Waals surface area contributed by atoms with Crippen LogP contribution in [-0.2, 0) is 9.31 Å². The lowest BCUT2D eigenvalue weighted by molar-refractivity contribution is 0.00578. The van der Waals surface area contributed by atoms with Crippen LogP contribution in [0.1, 0.15) is 40.2 Å². The van der Waals surface area contributed by atoms with Crippen molar-refractivity contribution in [3.05, 3.63) is 40.0 Å². The molecule has 0 unspecified atom stereocenters. The number of halogens is 2. The van der Waals surface area contributed by atoms with E-state index in [1.165, 1.54) is 0 Å². The minimum absolute atomic E-state index is 0.373. The van der Waals surface area contributed by atoms with Gasteiger partial charge in [0.2, 0.25) is 0 Å². The van der Waals surface area contributed by atoms with Crippen molar-refractivity contribution in [1.82, 2.24) is 0 Å². The van der Waals surface area contributed by atoms with Gasteiger partial charge in [0.1, 0.15) is 5.73 Å². The maximum Gasteiger partial charge on any atom is 0.525 e. The zero-order valence-electron chi connectivity index (χ0n) is 12.5. The molecule has 0 saturated carbocycles. The molecule has 0 amide bonds. The highest BCUT2D eigenvalue weighted by Crippen LogP contribution is 2.40. The van der Waals surface area contributed by atoms with Crippen molar-refractivity contribution in [3.8, 4) is 0 Å². The first-order valence-corrected chi connectivity index (χ1v) is 7.41. The van der Waals surface area contributed by atoms with Gasteiger partial charge in [-0.2, -0.15) is 0 Å². The smallest absolute Gasteiger partial charge is 0.398 e. The molecule has 2 nitrogen and oxygen atoms in total. The lowest BCUT2D eigenvalue weighted by Gasteiger charge is -2.32. The maximum absolute atomic E-state index is 14.6. The number of allylic oxidation sites excluding steroid dienone is 1. The van der Waals surface area contributed by atoms with Crippen molar-refractivity contribution in [3.63, 3.8) is 0 Å². The molecular formula is C15H19BBrFO2. The van der Waals surface area contributed by atoms with Gasteiger partial charge in [-0.05, 0) is 57.9 Å². The Kier molecular flexibility index (Phi) is 4.16. The zero-order valence-corrected chi connectivity index (χ0v) is 14.0. The van der Waals surface area contributed by atoms with Gasteiger partial charge in [0.15, 0.2) is 0 Å². The molecule has 1 aromatic carbocycles. The summed E-state index contributed by atoms with van der Waals surface area (Å²) >= 11 is 3.39. The average Bonchev–Trinajstić information content (AvgIpc) is 2.56. The van der Waals surface area contributed by atoms with Crippen LogP contribution in [0.5, 0.6) is 0 Å². The summed E-state index contributed by atoms with van der Waals surface area (Å²) in [6.45, 7) is 9.38. The van der Waals surface area contributed by atoms with E-state index in [-0.39, 0.29) is 5.73 Å². The third-order valence-electron chi connectivity index (χ3n) is 4.08. The number of hydrogen-bond acceptors (Lipinski definition) is 2. The van der Waals surface area contributed by atoms with E-state index in [0.717, 1.165) is 10.0 Å². The van der Waals surface area contributed by atoms with Gasteiger partial charge in [0.25, 0.3) is 0 Å². The summed E-state index contributed by atoms with van der Waals surface area (Å²) in [6, 6.07) is 7.52. The molecule has 0 radical (unpaired) electrons. The van der Waals surface area contributed by atoms with Crippen LogP contribution in [0.4, 0.5) is 4.39 Å². The second kappa shape index (κ2) is 5.28. The van der Waals surface area contributed by atoms with E-state index in [2.05, 4.69) is 15.9 Å². The van der Waals surface area contributed by atoms with Crippen LogP contribution in [0.25, 0.3) is 5.57 Å². The fraction of sp³-hybridized carbons (Fsp3) is 0.467. The highest BCUT2D eigenvalue weighted by molar-refractivity contribution is 9.10. The third kappa shape index (κ3) is 2.85. The Morgan fingerprint density at radius 2 is 1.70 bits per heavy atom. The summed E-state index contributed by atoms with van der Waals surface area (Å²) in [5, 5.41) is 0. The van der Waals surface area contributed by atoms with Crippen LogP contribution < -0.4 is 0 Å². The molecule has 0 aromatic heterocycles. The molecule has 20 heavy (non-hydrogen) atoms. The lowest BCUT2D eigenvalue weighted by Crippen LogP contribution is -2.41. The molecule has 0 bridgehead atoms. The summed E-state index contributed by atoms with van der Waals surface area (Å²) in [5.74, 6) is 0. The molecule has 0 spiro atoms. The fourth-order valence-corrected chi connectivity index (χ4v) is 2.38. The van der Waals surface area contributed by atoms with E-state index >= 15 is 0 Å². The monoisotopic (exact) mass is 340 g/mol. The quantitative estimate of drug-likeness (QED) is 0.721. The zero-order chi connectivity index (χ0) is 15.1. The van der Waals surface area contributed by atoms with Crippen LogP contribution in [0.15, 0.2) is 34.5 Å². The number of hydrogen-bond donors (Lipinski definition) is 0. The van der Waals surface area contributed by atoms with Crippen molar-refractivity contribution in [2.75, 3.05) is 0 Å². The van der Waals surface area contributed by atoms with Gasteiger partial charge < -0.3 is 9.31 Å². The molecular weight excluding hydrogens is 322 g/mol. The summed E-state index contributed by atoms with van der Waals surface area (Å²) in [4.78, 5) is 0. The van der Waals surface area contributed by atoms with E-state index in [9.17, 15) is 4.39 Å². The van der Waals surface area contributed by atoms with Crippen molar-refractivity contribution >= 4 is 28.6 Å². The number of rotatable bonds is 2. The Bertz CT molecular complexity index is 539. The van der Waals surface area contributed by atoms with Gasteiger partial charge in [-0.15, -0.1) is 0 Å². The molecule has 0 aliphatic carbocycles. The van der Waals surface area contributed by atoms with Crippen LogP contribution in [0.3, 0.4) is 0 Å². The fourth-order valence-electron chi connectivity index (χ4n) is 1.98. The first kappa shape index (κ1) is 15.7. The van der Waals surface area contributed by atoms with Gasteiger partial charge >= 0.3 is 7.12 Å². The highest BCUT2D eigenvalue weighted by Gasteiger charge is 2.53. The van der Waals surface area contributed by atoms with E-state index in [1.807, 2.05) is 52.0 Å². The van der Waals surface area contributed by atoms with Crippen molar-refractivity contribution in [1.29, 1.82) is 0 Å². The van der Waals surface area contributed by atoms with Gasteiger partial charge in [-0.3, -0.25) is 0 Å². The summed E-state index contributed by atoms with van der Waals surface area (Å²) in [7, 11) is -0.945. The minimum Gasteiger partial charge on any atom is -0.398 e. The molecule has 1 fully saturated rings. The van der Waals surface area contributed by atoms with Gasteiger partial charge in [-0.1, -0.05) is 28.1 Å². The summed E-state index contributed by atoms with van der Waals surface area (Å²) in [6.07, 6.45) is 0. The number of benzene rings is 1. The minimum atomic E-state index is -0.945. The Morgan fingerprint density at radius 3 is 2.20 bits per heavy atom.